The van der Waals surface area contributed by atoms with Gasteiger partial charge in [0, 0.05) is 33.4 Å². The van der Waals surface area contributed by atoms with E-state index in [0.717, 1.165) is 56.9 Å². The highest BCUT2D eigenvalue weighted by Crippen LogP contribution is 2.63. The number of hydrogen-bond donors (Lipinski definition) is 0. The number of para-hydroxylation sites is 2. The SMILES string of the molecule is c1ccc(-c2nc(-c3ccc(-c4cccc5c4Cc4ccccc4-5)cc3)nc(-c3cccc(-c4cccc5c4Oc4ccccc4C54c5ccccc5-c5ccccc54)c3)n2)cc1. The Morgan fingerprint density at radius 3 is 1.59 bits per heavy atom. The van der Waals surface area contributed by atoms with Gasteiger partial charge in [0.05, 0.1) is 5.41 Å². The molecule has 3 aliphatic rings. The van der Waals surface area contributed by atoms with Crippen LogP contribution in [0.3, 0.4) is 0 Å². The van der Waals surface area contributed by atoms with E-state index in [9.17, 15) is 0 Å². The van der Waals surface area contributed by atoms with Gasteiger partial charge in [-0.15, -0.1) is 0 Å². The molecule has 294 valence electrons. The van der Waals surface area contributed by atoms with Gasteiger partial charge < -0.3 is 4.74 Å². The Bertz CT molecular complexity index is 3420. The van der Waals surface area contributed by atoms with Crippen LogP contribution in [0.15, 0.2) is 212 Å². The van der Waals surface area contributed by atoms with Crippen molar-refractivity contribution in [2.24, 2.45) is 0 Å². The third kappa shape index (κ3) is 5.38. The first-order chi connectivity index (χ1) is 31.2. The lowest BCUT2D eigenvalue weighted by Crippen LogP contribution is -2.32. The summed E-state index contributed by atoms with van der Waals surface area (Å²) in [5.74, 6) is 3.58. The maximum Gasteiger partial charge on any atom is 0.164 e. The molecule has 2 aliphatic carbocycles. The summed E-state index contributed by atoms with van der Waals surface area (Å²) in [5, 5.41) is 0. The molecule has 10 aromatic rings. The predicted octanol–water partition coefficient (Wildman–Crippen LogP) is 14.2. The zero-order valence-electron chi connectivity index (χ0n) is 34.2. The van der Waals surface area contributed by atoms with Crippen molar-refractivity contribution >= 4 is 0 Å². The summed E-state index contributed by atoms with van der Waals surface area (Å²) in [5.41, 5.74) is 19.4. The molecular formula is C59H37N3O. The van der Waals surface area contributed by atoms with Gasteiger partial charge in [-0.1, -0.05) is 200 Å². The van der Waals surface area contributed by atoms with Crippen molar-refractivity contribution in [3.63, 3.8) is 0 Å². The van der Waals surface area contributed by atoms with E-state index in [0.29, 0.717) is 17.5 Å². The van der Waals surface area contributed by atoms with Gasteiger partial charge in [-0.2, -0.15) is 0 Å². The van der Waals surface area contributed by atoms with Crippen LogP contribution in [0.2, 0.25) is 0 Å². The van der Waals surface area contributed by atoms with E-state index in [1.54, 1.807) is 0 Å². The Morgan fingerprint density at radius 2 is 0.825 bits per heavy atom. The first kappa shape index (κ1) is 35.5. The average Bonchev–Trinajstić information content (AvgIpc) is 3.88. The van der Waals surface area contributed by atoms with E-state index in [2.05, 4.69) is 194 Å². The molecule has 1 spiro atoms. The Kier molecular flexibility index (Phi) is 7.85. The molecule has 0 atom stereocenters. The number of rotatable bonds is 5. The largest absolute Gasteiger partial charge is 0.456 e. The van der Waals surface area contributed by atoms with Gasteiger partial charge in [0.25, 0.3) is 0 Å². The summed E-state index contributed by atoms with van der Waals surface area (Å²) in [6.07, 6.45) is 0.938. The molecule has 0 amide bonds. The molecule has 0 saturated carbocycles. The summed E-state index contributed by atoms with van der Waals surface area (Å²) in [6, 6.07) is 75.6. The van der Waals surface area contributed by atoms with Crippen molar-refractivity contribution in [3.05, 3.63) is 246 Å². The van der Waals surface area contributed by atoms with Crippen LogP contribution in [0.25, 0.3) is 78.7 Å². The van der Waals surface area contributed by atoms with Gasteiger partial charge in [-0.25, -0.2) is 15.0 Å². The van der Waals surface area contributed by atoms with E-state index in [4.69, 9.17) is 19.7 Å². The van der Waals surface area contributed by atoms with E-state index >= 15 is 0 Å². The second kappa shape index (κ2) is 13.9. The van der Waals surface area contributed by atoms with Crippen LogP contribution in [0.4, 0.5) is 0 Å². The molecular weight excluding hydrogens is 767 g/mol. The second-order valence-corrected chi connectivity index (χ2v) is 16.6. The van der Waals surface area contributed by atoms with Gasteiger partial charge in [0.1, 0.15) is 11.5 Å². The minimum absolute atomic E-state index is 0.542. The smallest absolute Gasteiger partial charge is 0.164 e. The molecule has 0 bridgehead atoms. The van der Waals surface area contributed by atoms with Gasteiger partial charge in [-0.05, 0) is 79.8 Å². The van der Waals surface area contributed by atoms with Crippen molar-refractivity contribution < 1.29 is 4.74 Å². The fraction of sp³-hybridized carbons (Fsp3) is 0.0339. The van der Waals surface area contributed by atoms with E-state index in [1.165, 1.54) is 55.6 Å². The number of fused-ring (bicyclic) bond motifs is 12. The second-order valence-electron chi connectivity index (χ2n) is 16.6. The molecule has 2 heterocycles. The van der Waals surface area contributed by atoms with Crippen molar-refractivity contribution in [1.82, 2.24) is 15.0 Å². The minimum atomic E-state index is -0.542. The fourth-order valence-corrected chi connectivity index (χ4v) is 10.5. The Balaban J connectivity index is 0.929. The number of aromatic nitrogens is 3. The normalized spacial score (nSPS) is 13.3. The molecule has 0 fully saturated rings. The highest BCUT2D eigenvalue weighted by Gasteiger charge is 2.51. The number of hydrogen-bond acceptors (Lipinski definition) is 4. The Labute approximate surface area is 365 Å². The van der Waals surface area contributed by atoms with Crippen LogP contribution in [0.5, 0.6) is 11.5 Å². The zero-order valence-corrected chi connectivity index (χ0v) is 34.2. The molecule has 9 aromatic carbocycles. The monoisotopic (exact) mass is 803 g/mol. The number of ether oxygens (including phenoxy) is 1. The van der Waals surface area contributed by atoms with E-state index in [1.807, 2.05) is 18.2 Å². The lowest BCUT2D eigenvalue weighted by molar-refractivity contribution is 0.438. The van der Waals surface area contributed by atoms with E-state index in [-0.39, 0.29) is 0 Å². The van der Waals surface area contributed by atoms with Crippen molar-refractivity contribution in [1.29, 1.82) is 0 Å². The third-order valence-electron chi connectivity index (χ3n) is 13.3. The van der Waals surface area contributed by atoms with Gasteiger partial charge >= 0.3 is 0 Å². The summed E-state index contributed by atoms with van der Waals surface area (Å²) in [7, 11) is 0. The minimum Gasteiger partial charge on any atom is -0.456 e. The molecule has 4 heteroatoms. The standard InChI is InChI=1S/C59H37N3O/c1-2-15-38(16-3-1)56-60-57(39-33-31-37(32-34-39)43-23-13-25-46-44-20-5-4-17-41(44)36-49(43)46)62-58(61-56)42-19-12-18-40(35-42)45-24-14-29-53-55(45)63-54-30-11-10-28-52(54)59(53)50-26-8-6-21-47(50)48-22-7-9-27-51(48)59/h1-35H,36H2. The van der Waals surface area contributed by atoms with Gasteiger partial charge in [-0.3, -0.25) is 0 Å². The number of nitrogens with zero attached hydrogens (tertiary/aromatic N) is 3. The highest BCUT2D eigenvalue weighted by molar-refractivity contribution is 5.91. The third-order valence-corrected chi connectivity index (χ3v) is 13.3. The summed E-state index contributed by atoms with van der Waals surface area (Å²) >= 11 is 0. The van der Waals surface area contributed by atoms with E-state index < -0.39 is 5.41 Å². The predicted molar refractivity (Wildman–Crippen MR) is 253 cm³/mol. The molecule has 0 saturated heterocycles. The lowest BCUT2D eigenvalue weighted by Gasteiger charge is -2.40. The van der Waals surface area contributed by atoms with Crippen molar-refractivity contribution in [2.75, 3.05) is 0 Å². The van der Waals surface area contributed by atoms with Crippen LogP contribution >= 0.6 is 0 Å². The summed E-state index contributed by atoms with van der Waals surface area (Å²) in [6.45, 7) is 0. The topological polar surface area (TPSA) is 47.9 Å². The maximum atomic E-state index is 7.02. The van der Waals surface area contributed by atoms with Crippen LogP contribution in [0.1, 0.15) is 33.4 Å². The molecule has 0 N–H and O–H groups in total. The Hall–Kier alpha value is -8.21. The van der Waals surface area contributed by atoms with Crippen LogP contribution in [0, 0.1) is 0 Å². The van der Waals surface area contributed by atoms with Crippen LogP contribution in [-0.2, 0) is 11.8 Å². The molecule has 4 nitrogen and oxygen atoms in total. The van der Waals surface area contributed by atoms with Crippen molar-refractivity contribution in [3.8, 4) is 90.2 Å². The zero-order chi connectivity index (χ0) is 41.5. The molecule has 0 unspecified atom stereocenters. The molecule has 13 rings (SSSR count). The molecule has 1 aromatic heterocycles. The summed E-state index contributed by atoms with van der Waals surface area (Å²) in [4.78, 5) is 15.4. The quantitative estimate of drug-likeness (QED) is 0.174. The number of benzene rings is 9. The van der Waals surface area contributed by atoms with Crippen LogP contribution in [-0.4, -0.2) is 15.0 Å². The molecule has 1 aliphatic heterocycles. The van der Waals surface area contributed by atoms with Crippen LogP contribution < -0.4 is 4.74 Å². The van der Waals surface area contributed by atoms with Gasteiger partial charge in [0.2, 0.25) is 0 Å². The lowest BCUT2D eigenvalue weighted by atomic mass is 9.65. The first-order valence-corrected chi connectivity index (χ1v) is 21.6. The maximum absolute atomic E-state index is 7.02. The van der Waals surface area contributed by atoms with Gasteiger partial charge in [0.15, 0.2) is 17.5 Å². The average molecular weight is 804 g/mol. The Morgan fingerprint density at radius 1 is 0.333 bits per heavy atom. The summed E-state index contributed by atoms with van der Waals surface area (Å²) < 4.78 is 7.02. The molecule has 0 radical (unpaired) electrons. The highest BCUT2D eigenvalue weighted by atomic mass is 16.5. The molecule has 63 heavy (non-hydrogen) atoms. The fourth-order valence-electron chi connectivity index (χ4n) is 10.5. The van der Waals surface area contributed by atoms with Crippen molar-refractivity contribution in [2.45, 2.75) is 11.8 Å². The first-order valence-electron chi connectivity index (χ1n) is 21.6.